The number of rotatable bonds is 1. The van der Waals surface area contributed by atoms with Crippen LogP contribution >= 0.6 is 0 Å². The topological polar surface area (TPSA) is 0 Å². The molecule has 0 N–H and O–H groups in total. The molecule has 0 unspecified atom stereocenters. The van der Waals surface area contributed by atoms with Gasteiger partial charge in [-0.2, -0.15) is 0 Å². The van der Waals surface area contributed by atoms with E-state index in [9.17, 15) is 0 Å². The Kier molecular flexibility index (Phi) is 15.0. The molecule has 0 bridgehead atoms. The Morgan fingerprint density at radius 1 is 0.688 bits per heavy atom. The average Bonchev–Trinajstić information content (AvgIpc) is 2.48. The summed E-state index contributed by atoms with van der Waals surface area (Å²) in [6, 6.07) is 0. The summed E-state index contributed by atoms with van der Waals surface area (Å²) in [4.78, 5) is 0. The lowest BCUT2D eigenvalue weighted by Crippen LogP contribution is -2.06. The third-order valence-corrected chi connectivity index (χ3v) is 2.84. The molecule has 16 heavy (non-hydrogen) atoms. The Balaban J connectivity index is 0. The predicted octanol–water partition coefficient (Wildman–Crippen LogP) is 6.30. The fourth-order valence-electron chi connectivity index (χ4n) is 1.98. The molecule has 0 atom stereocenters. The molecule has 1 aliphatic rings. The van der Waals surface area contributed by atoms with Gasteiger partial charge in [0.15, 0.2) is 0 Å². The van der Waals surface area contributed by atoms with Gasteiger partial charge in [-0.3, -0.25) is 0 Å². The average molecular weight is 228 g/mol. The van der Waals surface area contributed by atoms with Gasteiger partial charge in [0.25, 0.3) is 0 Å². The molecule has 1 aliphatic carbocycles. The maximum Gasteiger partial charge on any atom is -0.0391 e. The lowest BCUT2D eigenvalue weighted by molar-refractivity contribution is 0.342. The van der Waals surface area contributed by atoms with Gasteiger partial charge in [-0.15, -0.1) is 0 Å². The van der Waals surface area contributed by atoms with Crippen LogP contribution in [0.2, 0.25) is 0 Å². The van der Waals surface area contributed by atoms with Gasteiger partial charge in [-0.25, -0.2) is 0 Å². The van der Waals surface area contributed by atoms with Crippen molar-refractivity contribution in [2.24, 2.45) is 17.8 Å². The van der Waals surface area contributed by atoms with E-state index >= 15 is 0 Å². The van der Waals surface area contributed by atoms with Gasteiger partial charge in [0.2, 0.25) is 0 Å². The van der Waals surface area contributed by atoms with Gasteiger partial charge in [-0.05, 0) is 17.8 Å². The lowest BCUT2D eigenvalue weighted by Gasteiger charge is -2.17. The molecule has 0 heterocycles. The van der Waals surface area contributed by atoms with Gasteiger partial charge >= 0.3 is 0 Å². The maximum absolute atomic E-state index is 2.37. The molecule has 0 amide bonds. The molecule has 0 saturated heterocycles. The van der Waals surface area contributed by atoms with Crippen molar-refractivity contribution in [3.8, 4) is 0 Å². The second-order valence-corrected chi connectivity index (χ2v) is 5.73. The lowest BCUT2D eigenvalue weighted by atomic mass is 9.89. The largest absolute Gasteiger partial charge is 0.0683 e. The highest BCUT2D eigenvalue weighted by Gasteiger charge is 2.14. The van der Waals surface area contributed by atoms with Crippen molar-refractivity contribution in [1.82, 2.24) is 0 Å². The standard InChI is InChI=1S/C10H20.C4H10.C2H6/c1-9(2)10-7-5-3-4-6-8-10;1-4(2)3;1-2/h9-10H,3-8H2,1-2H3;4H,1-3H3;1-2H3. The zero-order chi connectivity index (χ0) is 13.0. The van der Waals surface area contributed by atoms with Gasteiger partial charge < -0.3 is 0 Å². The van der Waals surface area contributed by atoms with E-state index in [2.05, 4.69) is 34.6 Å². The smallest absolute Gasteiger partial charge is 0.0391 e. The molecule has 0 heteroatoms. The molecule has 1 rings (SSSR count). The van der Waals surface area contributed by atoms with Crippen LogP contribution in [0.4, 0.5) is 0 Å². The van der Waals surface area contributed by atoms with Crippen LogP contribution in [0.3, 0.4) is 0 Å². The molecule has 0 aliphatic heterocycles. The first-order valence-electron chi connectivity index (χ1n) is 7.54. The quantitative estimate of drug-likeness (QED) is 0.462. The molecule has 1 saturated carbocycles. The Morgan fingerprint density at radius 2 is 1.00 bits per heavy atom. The van der Waals surface area contributed by atoms with Crippen LogP contribution in [-0.2, 0) is 0 Å². The van der Waals surface area contributed by atoms with Crippen LogP contribution < -0.4 is 0 Å². The first-order chi connectivity index (χ1) is 7.54. The zero-order valence-corrected chi connectivity index (χ0v) is 13.0. The van der Waals surface area contributed by atoms with Crippen LogP contribution in [0.25, 0.3) is 0 Å². The van der Waals surface area contributed by atoms with E-state index in [0.29, 0.717) is 0 Å². The summed E-state index contributed by atoms with van der Waals surface area (Å²) in [5.74, 6) is 2.81. The fraction of sp³-hybridized carbons (Fsp3) is 1.00. The highest BCUT2D eigenvalue weighted by molar-refractivity contribution is 4.66. The summed E-state index contributed by atoms with van der Waals surface area (Å²) >= 11 is 0. The van der Waals surface area contributed by atoms with Crippen molar-refractivity contribution >= 4 is 0 Å². The Labute approximate surface area is 105 Å². The van der Waals surface area contributed by atoms with E-state index in [0.717, 1.165) is 17.8 Å². The molecule has 0 spiro atoms. The minimum atomic E-state index is 0.833. The molecule has 1 fully saturated rings. The maximum atomic E-state index is 2.37. The van der Waals surface area contributed by atoms with Crippen molar-refractivity contribution < 1.29 is 0 Å². The van der Waals surface area contributed by atoms with E-state index in [1.165, 1.54) is 38.5 Å². The monoisotopic (exact) mass is 228 g/mol. The summed E-state index contributed by atoms with van der Waals surface area (Å²) in [6.07, 6.45) is 8.95. The number of hydrogen-bond acceptors (Lipinski definition) is 0. The molecule has 0 aromatic heterocycles. The van der Waals surface area contributed by atoms with Gasteiger partial charge in [0.05, 0.1) is 0 Å². The van der Waals surface area contributed by atoms with Crippen molar-refractivity contribution in [3.63, 3.8) is 0 Å². The van der Waals surface area contributed by atoms with Crippen molar-refractivity contribution in [1.29, 1.82) is 0 Å². The summed E-state index contributed by atoms with van der Waals surface area (Å²) in [6.45, 7) is 15.2. The summed E-state index contributed by atoms with van der Waals surface area (Å²) in [5, 5.41) is 0. The van der Waals surface area contributed by atoms with Crippen molar-refractivity contribution in [3.05, 3.63) is 0 Å². The molecule has 0 nitrogen and oxygen atoms in total. The minimum Gasteiger partial charge on any atom is -0.0683 e. The second kappa shape index (κ2) is 13.1. The van der Waals surface area contributed by atoms with E-state index < -0.39 is 0 Å². The third-order valence-electron chi connectivity index (χ3n) is 2.84. The van der Waals surface area contributed by atoms with Crippen LogP contribution in [0.1, 0.15) is 87.0 Å². The van der Waals surface area contributed by atoms with Crippen LogP contribution in [0, 0.1) is 17.8 Å². The minimum absolute atomic E-state index is 0.833. The summed E-state index contributed by atoms with van der Waals surface area (Å²) in [5.41, 5.74) is 0. The Hall–Kier alpha value is 0. The van der Waals surface area contributed by atoms with Crippen LogP contribution in [-0.4, -0.2) is 0 Å². The first kappa shape index (κ1) is 18.4. The normalized spacial score (nSPS) is 17.1. The van der Waals surface area contributed by atoms with Crippen LogP contribution in [0.5, 0.6) is 0 Å². The van der Waals surface area contributed by atoms with Gasteiger partial charge in [0.1, 0.15) is 0 Å². The predicted molar refractivity (Wildman–Crippen MR) is 77.9 cm³/mol. The van der Waals surface area contributed by atoms with Crippen molar-refractivity contribution in [2.45, 2.75) is 87.0 Å². The summed E-state index contributed by atoms with van der Waals surface area (Å²) < 4.78 is 0. The molecule has 100 valence electrons. The number of hydrogen-bond donors (Lipinski definition) is 0. The second-order valence-electron chi connectivity index (χ2n) is 5.73. The first-order valence-corrected chi connectivity index (χ1v) is 7.54. The summed E-state index contributed by atoms with van der Waals surface area (Å²) in [7, 11) is 0. The van der Waals surface area contributed by atoms with Crippen LogP contribution in [0.15, 0.2) is 0 Å². The molecule has 0 radical (unpaired) electrons. The van der Waals surface area contributed by atoms with Crippen molar-refractivity contribution in [2.75, 3.05) is 0 Å². The Bertz CT molecular complexity index is 102. The Morgan fingerprint density at radius 3 is 1.25 bits per heavy atom. The van der Waals surface area contributed by atoms with E-state index in [-0.39, 0.29) is 0 Å². The highest BCUT2D eigenvalue weighted by atomic mass is 14.2. The van der Waals surface area contributed by atoms with E-state index in [1.54, 1.807) is 0 Å². The fourth-order valence-corrected chi connectivity index (χ4v) is 1.98. The highest BCUT2D eigenvalue weighted by Crippen LogP contribution is 2.28. The molecular formula is C16H36. The van der Waals surface area contributed by atoms with Gasteiger partial charge in [0, 0.05) is 0 Å². The SMILES string of the molecule is CC.CC(C)C.CC(C)C1CCCCCC1. The van der Waals surface area contributed by atoms with E-state index in [4.69, 9.17) is 0 Å². The third kappa shape index (κ3) is 14.0. The molecule has 0 aromatic carbocycles. The van der Waals surface area contributed by atoms with E-state index in [1.807, 2.05) is 13.8 Å². The van der Waals surface area contributed by atoms with Gasteiger partial charge in [-0.1, -0.05) is 87.0 Å². The molecular weight excluding hydrogens is 192 g/mol. The zero-order valence-electron chi connectivity index (χ0n) is 13.0. The molecule has 0 aromatic rings.